The first-order chi connectivity index (χ1) is 9.60. The van der Waals surface area contributed by atoms with E-state index in [0.717, 1.165) is 22.4 Å². The van der Waals surface area contributed by atoms with Gasteiger partial charge in [0.15, 0.2) is 0 Å². The molecular formula is C15H16N4O. The molecule has 0 unspecified atom stereocenters. The quantitative estimate of drug-likeness (QED) is 0.663. The molecule has 0 amide bonds. The van der Waals surface area contributed by atoms with Crippen molar-refractivity contribution in [3.63, 3.8) is 0 Å². The molecule has 5 heteroatoms. The van der Waals surface area contributed by atoms with E-state index in [1.54, 1.807) is 13.3 Å². The van der Waals surface area contributed by atoms with Crippen molar-refractivity contribution in [3.8, 4) is 11.6 Å². The SMILES string of the molecule is CN=Cc1c(N)nc2c(c1N)Cc1ccc(C)cc1O2. The first kappa shape index (κ1) is 12.5. The number of nitrogens with two attached hydrogens (primary N) is 2. The zero-order valence-corrected chi connectivity index (χ0v) is 11.5. The molecule has 0 saturated carbocycles. The van der Waals surface area contributed by atoms with Gasteiger partial charge in [0, 0.05) is 25.2 Å². The van der Waals surface area contributed by atoms with Crippen LogP contribution < -0.4 is 16.2 Å². The summed E-state index contributed by atoms with van der Waals surface area (Å²) in [6, 6.07) is 6.10. The van der Waals surface area contributed by atoms with Crippen molar-refractivity contribution in [1.29, 1.82) is 0 Å². The predicted octanol–water partition coefficient (Wildman–Crippen LogP) is 2.30. The number of benzene rings is 1. The van der Waals surface area contributed by atoms with E-state index in [0.29, 0.717) is 29.4 Å². The van der Waals surface area contributed by atoms with Crippen molar-refractivity contribution in [1.82, 2.24) is 4.98 Å². The topological polar surface area (TPSA) is 86.5 Å². The van der Waals surface area contributed by atoms with Crippen LogP contribution in [-0.2, 0) is 6.42 Å². The van der Waals surface area contributed by atoms with Crippen LogP contribution in [0, 0.1) is 6.92 Å². The Morgan fingerprint density at radius 2 is 2.15 bits per heavy atom. The number of fused-ring (bicyclic) bond motifs is 2. The van der Waals surface area contributed by atoms with Crippen LogP contribution in [0.15, 0.2) is 23.2 Å². The molecule has 4 N–H and O–H groups in total. The fourth-order valence-corrected chi connectivity index (χ4v) is 2.37. The molecule has 0 atom stereocenters. The lowest BCUT2D eigenvalue weighted by Gasteiger charge is -2.22. The van der Waals surface area contributed by atoms with Gasteiger partial charge in [-0.1, -0.05) is 12.1 Å². The molecule has 0 bridgehead atoms. The van der Waals surface area contributed by atoms with Crippen molar-refractivity contribution in [2.24, 2.45) is 4.99 Å². The number of rotatable bonds is 1. The van der Waals surface area contributed by atoms with E-state index >= 15 is 0 Å². The first-order valence-electron chi connectivity index (χ1n) is 6.37. The molecule has 20 heavy (non-hydrogen) atoms. The monoisotopic (exact) mass is 268 g/mol. The number of pyridine rings is 1. The summed E-state index contributed by atoms with van der Waals surface area (Å²) in [5.74, 6) is 1.65. The van der Waals surface area contributed by atoms with Gasteiger partial charge in [-0.2, -0.15) is 4.98 Å². The summed E-state index contributed by atoms with van der Waals surface area (Å²) in [6.07, 6.45) is 2.32. The average molecular weight is 268 g/mol. The highest BCUT2D eigenvalue weighted by atomic mass is 16.5. The maximum absolute atomic E-state index is 6.19. The minimum Gasteiger partial charge on any atom is -0.438 e. The fraction of sp³-hybridized carbons (Fsp3) is 0.200. The number of aryl methyl sites for hydroxylation is 1. The maximum Gasteiger partial charge on any atom is 0.226 e. The van der Waals surface area contributed by atoms with Crippen molar-refractivity contribution >= 4 is 17.7 Å². The van der Waals surface area contributed by atoms with Crippen LogP contribution in [-0.4, -0.2) is 18.2 Å². The summed E-state index contributed by atoms with van der Waals surface area (Å²) in [5, 5.41) is 0. The minimum absolute atomic E-state index is 0.336. The molecule has 0 radical (unpaired) electrons. The second-order valence-corrected chi connectivity index (χ2v) is 4.89. The average Bonchev–Trinajstić information content (AvgIpc) is 2.42. The van der Waals surface area contributed by atoms with Gasteiger partial charge in [-0.15, -0.1) is 0 Å². The summed E-state index contributed by atoms with van der Waals surface area (Å²) < 4.78 is 5.84. The number of nitrogen functional groups attached to an aromatic ring is 2. The highest BCUT2D eigenvalue weighted by Gasteiger charge is 2.23. The van der Waals surface area contributed by atoms with Crippen LogP contribution >= 0.6 is 0 Å². The Hall–Kier alpha value is -2.56. The molecule has 2 aromatic rings. The Bertz CT molecular complexity index is 722. The lowest BCUT2D eigenvalue weighted by molar-refractivity contribution is 0.442. The Balaban J connectivity index is 2.15. The zero-order chi connectivity index (χ0) is 14.3. The lowest BCUT2D eigenvalue weighted by atomic mass is 9.98. The minimum atomic E-state index is 0.336. The van der Waals surface area contributed by atoms with E-state index in [-0.39, 0.29) is 0 Å². The molecule has 5 nitrogen and oxygen atoms in total. The molecule has 1 aromatic heterocycles. The predicted molar refractivity (Wildman–Crippen MR) is 80.6 cm³/mol. The number of nitrogens with zero attached hydrogens (tertiary/aromatic N) is 2. The summed E-state index contributed by atoms with van der Waals surface area (Å²) >= 11 is 0. The normalized spacial score (nSPS) is 12.9. The van der Waals surface area contributed by atoms with Gasteiger partial charge in [0.2, 0.25) is 5.88 Å². The van der Waals surface area contributed by atoms with Gasteiger partial charge in [0.1, 0.15) is 11.6 Å². The number of hydrogen-bond donors (Lipinski definition) is 2. The number of anilines is 2. The maximum atomic E-state index is 6.19. The number of hydrogen-bond acceptors (Lipinski definition) is 5. The van der Waals surface area contributed by atoms with Crippen LogP contribution in [0.25, 0.3) is 0 Å². The van der Waals surface area contributed by atoms with E-state index in [1.807, 2.05) is 13.0 Å². The molecule has 1 aromatic carbocycles. The summed E-state index contributed by atoms with van der Waals surface area (Å²) in [7, 11) is 1.67. The van der Waals surface area contributed by atoms with Crippen LogP contribution in [0.2, 0.25) is 0 Å². The molecule has 3 rings (SSSR count). The van der Waals surface area contributed by atoms with Crippen LogP contribution in [0.3, 0.4) is 0 Å². The molecule has 0 fully saturated rings. The molecule has 0 spiro atoms. The van der Waals surface area contributed by atoms with E-state index in [1.165, 1.54) is 0 Å². The third-order valence-electron chi connectivity index (χ3n) is 3.43. The van der Waals surface area contributed by atoms with Crippen LogP contribution in [0.5, 0.6) is 11.6 Å². The van der Waals surface area contributed by atoms with Crippen molar-refractivity contribution in [3.05, 3.63) is 40.5 Å². The van der Waals surface area contributed by atoms with Crippen LogP contribution in [0.4, 0.5) is 11.5 Å². The van der Waals surface area contributed by atoms with Gasteiger partial charge >= 0.3 is 0 Å². The smallest absolute Gasteiger partial charge is 0.226 e. The molecule has 1 aliphatic heterocycles. The molecule has 1 aliphatic rings. The van der Waals surface area contributed by atoms with Gasteiger partial charge in [0.25, 0.3) is 0 Å². The third-order valence-corrected chi connectivity index (χ3v) is 3.43. The standard InChI is InChI=1S/C15H16N4O/c1-8-3-4-9-6-10-13(16)11(7-18-2)14(17)19-15(10)20-12(9)5-8/h3-5,7H,6H2,1-2H3,(H4,16,17,19). The van der Waals surface area contributed by atoms with E-state index in [4.69, 9.17) is 16.2 Å². The van der Waals surface area contributed by atoms with E-state index in [2.05, 4.69) is 22.1 Å². The molecular weight excluding hydrogens is 252 g/mol. The highest BCUT2D eigenvalue weighted by Crippen LogP contribution is 2.40. The lowest BCUT2D eigenvalue weighted by Crippen LogP contribution is -2.12. The summed E-state index contributed by atoms with van der Waals surface area (Å²) in [5.41, 5.74) is 16.5. The molecule has 2 heterocycles. The summed E-state index contributed by atoms with van der Waals surface area (Å²) in [6.45, 7) is 2.02. The Labute approximate surface area is 117 Å². The second kappa shape index (κ2) is 4.52. The van der Waals surface area contributed by atoms with E-state index in [9.17, 15) is 0 Å². The van der Waals surface area contributed by atoms with E-state index < -0.39 is 0 Å². The molecule has 0 aliphatic carbocycles. The van der Waals surface area contributed by atoms with Gasteiger partial charge in [0.05, 0.1) is 11.3 Å². The van der Waals surface area contributed by atoms with Crippen LogP contribution in [0.1, 0.15) is 22.3 Å². The fourth-order valence-electron chi connectivity index (χ4n) is 2.37. The number of aromatic nitrogens is 1. The van der Waals surface area contributed by atoms with Crippen molar-refractivity contribution in [2.45, 2.75) is 13.3 Å². The Morgan fingerprint density at radius 1 is 1.35 bits per heavy atom. The first-order valence-corrected chi connectivity index (χ1v) is 6.37. The summed E-state index contributed by atoms with van der Waals surface area (Å²) in [4.78, 5) is 8.27. The Kier molecular flexibility index (Phi) is 2.82. The van der Waals surface area contributed by atoms with Gasteiger partial charge in [-0.05, 0) is 24.1 Å². The second-order valence-electron chi connectivity index (χ2n) is 4.89. The largest absolute Gasteiger partial charge is 0.438 e. The zero-order valence-electron chi connectivity index (χ0n) is 11.5. The third kappa shape index (κ3) is 1.87. The Morgan fingerprint density at radius 3 is 2.90 bits per heavy atom. The molecule has 0 saturated heterocycles. The highest BCUT2D eigenvalue weighted by molar-refractivity contribution is 5.94. The van der Waals surface area contributed by atoms with Gasteiger partial charge in [-0.25, -0.2) is 0 Å². The van der Waals surface area contributed by atoms with Crippen molar-refractivity contribution < 1.29 is 4.74 Å². The van der Waals surface area contributed by atoms with Gasteiger partial charge < -0.3 is 16.2 Å². The number of ether oxygens (including phenoxy) is 1. The van der Waals surface area contributed by atoms with Crippen molar-refractivity contribution in [2.75, 3.05) is 18.5 Å². The molecule has 102 valence electrons. The van der Waals surface area contributed by atoms with Gasteiger partial charge in [-0.3, -0.25) is 4.99 Å². The number of aliphatic imine (C=N–C) groups is 1.